The molecule has 1 aliphatic rings. The van der Waals surface area contributed by atoms with Crippen molar-refractivity contribution in [1.29, 1.82) is 0 Å². The third kappa shape index (κ3) is 9.76. The predicted molar refractivity (Wildman–Crippen MR) is 166 cm³/mol. The summed E-state index contributed by atoms with van der Waals surface area (Å²) in [6.45, 7) is 5.42. The van der Waals surface area contributed by atoms with Crippen molar-refractivity contribution in [3.63, 3.8) is 0 Å². The van der Waals surface area contributed by atoms with Gasteiger partial charge in [-0.15, -0.1) is 0 Å². The number of nitrogens with zero attached hydrogens (tertiary/aromatic N) is 3. The minimum absolute atomic E-state index is 0.0430. The Labute approximate surface area is 251 Å². The van der Waals surface area contributed by atoms with Gasteiger partial charge in [0.15, 0.2) is 0 Å². The van der Waals surface area contributed by atoms with Gasteiger partial charge in [-0.05, 0) is 61.1 Å². The molecule has 0 atom stereocenters. The van der Waals surface area contributed by atoms with Gasteiger partial charge >= 0.3 is 0 Å². The zero-order valence-corrected chi connectivity index (χ0v) is 25.4. The van der Waals surface area contributed by atoms with E-state index in [9.17, 15) is 9.59 Å². The van der Waals surface area contributed by atoms with Crippen LogP contribution in [0.25, 0.3) is 0 Å². The van der Waals surface area contributed by atoms with Gasteiger partial charge in [-0.1, -0.05) is 68.1 Å². The molecule has 1 fully saturated rings. The molecule has 0 radical (unpaired) electrons. The normalized spacial score (nSPS) is 13.3. The van der Waals surface area contributed by atoms with E-state index in [-0.39, 0.29) is 18.4 Å². The second-order valence-corrected chi connectivity index (χ2v) is 11.3. The Kier molecular flexibility index (Phi) is 12.5. The van der Waals surface area contributed by atoms with E-state index >= 15 is 0 Å². The van der Waals surface area contributed by atoms with Crippen LogP contribution in [0.5, 0.6) is 5.75 Å². The first kappa shape index (κ1) is 31.4. The maximum Gasteiger partial charge on any atom is 0.242 e. The number of hydrogen-bond donors (Lipinski definition) is 0. The highest BCUT2D eigenvalue weighted by molar-refractivity contribution is 5.84. The Morgan fingerprint density at radius 3 is 2.45 bits per heavy atom. The van der Waals surface area contributed by atoms with Gasteiger partial charge in [-0.3, -0.25) is 9.59 Å². The number of ether oxygens (including phenoxy) is 2. The molecular formula is C35H47N3O4. The monoisotopic (exact) mass is 573 g/mol. The molecule has 7 heteroatoms. The van der Waals surface area contributed by atoms with E-state index in [1.807, 2.05) is 72.6 Å². The van der Waals surface area contributed by atoms with Crippen LogP contribution in [0.15, 0.2) is 72.9 Å². The molecular weight excluding hydrogens is 526 g/mol. The van der Waals surface area contributed by atoms with Gasteiger partial charge in [0.25, 0.3) is 0 Å². The fraction of sp³-hybridized carbons (Fsp3) is 0.486. The van der Waals surface area contributed by atoms with Crippen LogP contribution in [0.2, 0.25) is 0 Å². The number of rotatable bonds is 17. The zero-order chi connectivity index (χ0) is 29.6. The lowest BCUT2D eigenvalue weighted by Gasteiger charge is -2.29. The Balaban J connectivity index is 1.48. The van der Waals surface area contributed by atoms with Gasteiger partial charge in [-0.25, -0.2) is 0 Å². The molecule has 0 saturated heterocycles. The molecule has 7 nitrogen and oxygen atoms in total. The van der Waals surface area contributed by atoms with Crippen molar-refractivity contribution in [2.45, 2.75) is 71.5 Å². The van der Waals surface area contributed by atoms with Crippen molar-refractivity contribution >= 4 is 11.8 Å². The van der Waals surface area contributed by atoms with Crippen molar-refractivity contribution in [3.05, 3.63) is 89.7 Å². The van der Waals surface area contributed by atoms with E-state index in [1.165, 1.54) is 25.7 Å². The summed E-state index contributed by atoms with van der Waals surface area (Å²) in [5.74, 6) is 1.50. The van der Waals surface area contributed by atoms with Crippen LogP contribution in [0.1, 0.15) is 68.7 Å². The summed E-state index contributed by atoms with van der Waals surface area (Å²) in [5.41, 5.74) is 3.23. The molecule has 4 rings (SSSR count). The standard InChI is InChI=1S/C35H47N3O4/c1-3-42-23-11-22-37(34(39)20-19-29-12-7-8-13-29)28-35(40)38(25-30-14-5-4-6-15-30)27-32-17-10-21-36(32)26-31-16-9-18-33(24-31)41-2/h4-6,9-10,14-18,21,24,29H,3,7-8,11-13,19-20,22-23,25-28H2,1-2H3. The fourth-order valence-electron chi connectivity index (χ4n) is 5.79. The minimum Gasteiger partial charge on any atom is -0.497 e. The molecule has 2 aromatic carbocycles. The Bertz CT molecular complexity index is 1240. The SMILES string of the molecule is CCOCCCN(CC(=O)N(Cc1ccccc1)Cc1cccn1Cc1cccc(OC)c1)C(=O)CCC1CCCC1. The smallest absolute Gasteiger partial charge is 0.242 e. The number of hydrogen-bond acceptors (Lipinski definition) is 4. The first-order valence-corrected chi connectivity index (χ1v) is 15.5. The summed E-state index contributed by atoms with van der Waals surface area (Å²) in [6, 6.07) is 22.2. The molecule has 42 heavy (non-hydrogen) atoms. The molecule has 0 aliphatic heterocycles. The molecule has 3 aromatic rings. The molecule has 0 spiro atoms. The maximum atomic E-state index is 14.0. The molecule has 1 heterocycles. The van der Waals surface area contributed by atoms with Gasteiger partial charge < -0.3 is 23.8 Å². The second-order valence-electron chi connectivity index (χ2n) is 11.3. The summed E-state index contributed by atoms with van der Waals surface area (Å²) in [6.07, 6.45) is 9.17. The van der Waals surface area contributed by atoms with Crippen molar-refractivity contribution in [1.82, 2.24) is 14.4 Å². The Hall–Kier alpha value is -3.58. The summed E-state index contributed by atoms with van der Waals surface area (Å²) < 4.78 is 13.1. The molecule has 0 N–H and O–H groups in total. The Morgan fingerprint density at radius 2 is 1.69 bits per heavy atom. The molecule has 2 amide bonds. The summed E-state index contributed by atoms with van der Waals surface area (Å²) >= 11 is 0. The number of methoxy groups -OCH3 is 1. The zero-order valence-electron chi connectivity index (χ0n) is 25.4. The average Bonchev–Trinajstić information content (AvgIpc) is 3.70. The van der Waals surface area contributed by atoms with Crippen LogP contribution in [0, 0.1) is 5.92 Å². The van der Waals surface area contributed by atoms with E-state index in [0.29, 0.717) is 51.7 Å². The first-order chi connectivity index (χ1) is 20.6. The van der Waals surface area contributed by atoms with Gasteiger partial charge in [-0.2, -0.15) is 0 Å². The van der Waals surface area contributed by atoms with Gasteiger partial charge in [0, 0.05) is 51.2 Å². The van der Waals surface area contributed by atoms with E-state index in [4.69, 9.17) is 9.47 Å². The van der Waals surface area contributed by atoms with Gasteiger partial charge in [0.1, 0.15) is 5.75 Å². The third-order valence-electron chi connectivity index (χ3n) is 8.17. The predicted octanol–water partition coefficient (Wildman–Crippen LogP) is 6.30. The number of carbonyl (C=O) groups excluding carboxylic acids is 2. The van der Waals surface area contributed by atoms with Crippen LogP contribution >= 0.6 is 0 Å². The topological polar surface area (TPSA) is 64.0 Å². The average molecular weight is 574 g/mol. The van der Waals surface area contributed by atoms with Crippen molar-refractivity contribution in [2.75, 3.05) is 33.4 Å². The molecule has 0 bridgehead atoms. The Morgan fingerprint density at radius 1 is 0.905 bits per heavy atom. The highest BCUT2D eigenvalue weighted by Gasteiger charge is 2.24. The number of carbonyl (C=O) groups is 2. The van der Waals surface area contributed by atoms with Gasteiger partial charge in [0.05, 0.1) is 20.2 Å². The third-order valence-corrected chi connectivity index (χ3v) is 8.17. The molecule has 0 unspecified atom stereocenters. The van der Waals surface area contributed by atoms with E-state index < -0.39 is 0 Å². The van der Waals surface area contributed by atoms with Crippen LogP contribution in [0.4, 0.5) is 0 Å². The van der Waals surface area contributed by atoms with Crippen LogP contribution in [-0.2, 0) is 34.0 Å². The van der Waals surface area contributed by atoms with E-state index in [1.54, 1.807) is 12.0 Å². The van der Waals surface area contributed by atoms with Crippen molar-refractivity contribution < 1.29 is 19.1 Å². The van der Waals surface area contributed by atoms with Crippen LogP contribution in [-0.4, -0.2) is 59.6 Å². The summed E-state index contributed by atoms with van der Waals surface area (Å²) in [5, 5.41) is 0. The molecule has 1 aromatic heterocycles. The maximum absolute atomic E-state index is 14.0. The molecule has 1 saturated carbocycles. The molecule has 226 valence electrons. The van der Waals surface area contributed by atoms with Crippen molar-refractivity contribution in [2.24, 2.45) is 5.92 Å². The van der Waals surface area contributed by atoms with Gasteiger partial charge in [0.2, 0.25) is 11.8 Å². The fourth-order valence-corrected chi connectivity index (χ4v) is 5.79. The van der Waals surface area contributed by atoms with Crippen molar-refractivity contribution in [3.8, 4) is 5.75 Å². The highest BCUT2D eigenvalue weighted by atomic mass is 16.5. The lowest BCUT2D eigenvalue weighted by atomic mass is 10.0. The lowest BCUT2D eigenvalue weighted by molar-refractivity contribution is -0.141. The van der Waals surface area contributed by atoms with Crippen LogP contribution in [0.3, 0.4) is 0 Å². The largest absolute Gasteiger partial charge is 0.497 e. The quantitative estimate of drug-likeness (QED) is 0.178. The first-order valence-electron chi connectivity index (χ1n) is 15.5. The number of aromatic nitrogens is 1. The minimum atomic E-state index is -0.0430. The summed E-state index contributed by atoms with van der Waals surface area (Å²) in [4.78, 5) is 31.0. The number of benzene rings is 2. The lowest BCUT2D eigenvalue weighted by Crippen LogP contribution is -2.43. The van der Waals surface area contributed by atoms with Crippen LogP contribution < -0.4 is 4.74 Å². The highest BCUT2D eigenvalue weighted by Crippen LogP contribution is 2.28. The second kappa shape index (κ2) is 16.8. The van der Waals surface area contributed by atoms with E-state index in [0.717, 1.165) is 35.4 Å². The van der Waals surface area contributed by atoms with E-state index in [2.05, 4.69) is 16.7 Å². The molecule has 1 aliphatic carbocycles. The summed E-state index contributed by atoms with van der Waals surface area (Å²) in [7, 11) is 1.67. The number of amides is 2.